The van der Waals surface area contributed by atoms with E-state index in [1.807, 2.05) is 6.08 Å². The molecule has 11 rings (SSSR count). The van der Waals surface area contributed by atoms with Gasteiger partial charge in [-0.1, -0.05) is 127 Å². The molecule has 1 atom stereocenters. The fraction of sp³-hybridized carbons (Fsp3) is 0.0400. The van der Waals surface area contributed by atoms with Gasteiger partial charge in [-0.2, -0.15) is 0 Å². The Morgan fingerprint density at radius 1 is 0.600 bits per heavy atom. The number of rotatable bonds is 6. The van der Waals surface area contributed by atoms with Crippen molar-refractivity contribution in [1.29, 1.82) is 0 Å². The number of benzene rings is 7. The van der Waals surface area contributed by atoms with Crippen LogP contribution in [0.5, 0.6) is 5.75 Å². The van der Waals surface area contributed by atoms with Crippen molar-refractivity contribution in [3.05, 3.63) is 182 Å². The van der Waals surface area contributed by atoms with Gasteiger partial charge in [0.25, 0.3) is 0 Å². The molecule has 1 unspecified atom stereocenters. The first-order valence-electron chi connectivity index (χ1n) is 18.9. The van der Waals surface area contributed by atoms with E-state index in [4.69, 9.17) is 9.15 Å². The van der Waals surface area contributed by atoms with Crippen LogP contribution in [-0.4, -0.2) is 24.5 Å². The summed E-state index contributed by atoms with van der Waals surface area (Å²) in [6.45, 7) is 7.04. The van der Waals surface area contributed by atoms with Crippen molar-refractivity contribution in [3.63, 3.8) is 0 Å². The van der Waals surface area contributed by atoms with Crippen molar-refractivity contribution in [2.75, 3.05) is 6.61 Å². The quantitative estimate of drug-likeness (QED) is 0.126. The van der Waals surface area contributed by atoms with Gasteiger partial charge in [0.2, 0.25) is 0 Å². The molecule has 0 aliphatic carbocycles. The Hall–Kier alpha value is -6.82. The van der Waals surface area contributed by atoms with Crippen molar-refractivity contribution in [2.24, 2.45) is 0 Å². The molecule has 0 spiro atoms. The lowest BCUT2D eigenvalue weighted by atomic mass is 10.1. The highest BCUT2D eigenvalue weighted by molar-refractivity contribution is 6.84. The van der Waals surface area contributed by atoms with Crippen molar-refractivity contribution in [1.82, 2.24) is 9.13 Å². The van der Waals surface area contributed by atoms with Crippen LogP contribution < -0.4 is 15.1 Å². The Balaban J connectivity index is 0.984. The first kappa shape index (κ1) is 31.7. The summed E-state index contributed by atoms with van der Waals surface area (Å²) in [5.41, 5.74) is 11.1. The van der Waals surface area contributed by atoms with Crippen molar-refractivity contribution in [3.8, 4) is 11.4 Å². The highest BCUT2D eigenvalue weighted by Gasteiger charge is 2.23. The van der Waals surface area contributed by atoms with E-state index in [1.54, 1.807) is 0 Å². The van der Waals surface area contributed by atoms with E-state index in [2.05, 4.69) is 186 Å². The summed E-state index contributed by atoms with van der Waals surface area (Å²) in [6.07, 6.45) is 6.25. The van der Waals surface area contributed by atoms with Crippen LogP contribution in [0.25, 0.3) is 82.5 Å². The van der Waals surface area contributed by atoms with E-state index in [0.717, 1.165) is 39.1 Å². The average Bonchev–Trinajstić information content (AvgIpc) is 3.99. The smallest absolute Gasteiger partial charge is 0.135 e. The topological polar surface area (TPSA) is 32.2 Å². The second-order valence-electron chi connectivity index (χ2n) is 14.5. The highest BCUT2D eigenvalue weighted by Crippen LogP contribution is 2.38. The second-order valence-corrected chi connectivity index (χ2v) is 17.3. The molecule has 7 aromatic carbocycles. The number of nitrogens with zero attached hydrogens (tertiary/aromatic N) is 2. The Labute approximate surface area is 319 Å². The lowest BCUT2D eigenvalue weighted by Gasteiger charge is -2.13. The molecule has 0 fully saturated rings. The van der Waals surface area contributed by atoms with Gasteiger partial charge in [-0.3, -0.25) is 0 Å². The number of fused-ring (bicyclic) bond motifs is 10. The maximum absolute atomic E-state index is 6.42. The first-order chi connectivity index (χ1) is 27.1. The van der Waals surface area contributed by atoms with E-state index in [0.29, 0.717) is 6.61 Å². The molecule has 4 heterocycles. The Bertz CT molecular complexity index is 3160. The van der Waals surface area contributed by atoms with Crippen LogP contribution in [0.1, 0.15) is 5.56 Å². The standard InChI is InChI=1S/C50H36N2O2Si/c1-3-12-33(51-44-17-8-4-13-37(44)38-14-5-9-18-45(38)51)27-32-31-53-48-25-22-35(29-41(32)48)55(2)36-23-26-50-43(30-36)42-28-34(21-24-49(42)54-50)52-46-19-10-6-15-39(46)40-16-7-11-20-47(40)52/h3-30,55H,1,31H2,2H3/b32-27+,33-12+. The molecule has 0 saturated carbocycles. The van der Waals surface area contributed by atoms with Gasteiger partial charge in [0.1, 0.15) is 23.5 Å². The fourth-order valence-corrected chi connectivity index (χ4v) is 10.8. The number of allylic oxidation sites excluding steroid dienone is 4. The fourth-order valence-electron chi connectivity index (χ4n) is 8.82. The number of hydrogen-bond donors (Lipinski definition) is 0. The van der Waals surface area contributed by atoms with E-state index >= 15 is 0 Å². The van der Waals surface area contributed by atoms with Gasteiger partial charge in [-0.25, -0.2) is 0 Å². The molecule has 262 valence electrons. The summed E-state index contributed by atoms with van der Waals surface area (Å²) >= 11 is 0. The minimum absolute atomic E-state index is 0.529. The molecule has 10 aromatic rings. The number of furan rings is 1. The lowest BCUT2D eigenvalue weighted by molar-refractivity contribution is 0.388. The van der Waals surface area contributed by atoms with Crippen LogP contribution >= 0.6 is 0 Å². The molecule has 1 aliphatic rings. The van der Waals surface area contributed by atoms with Crippen LogP contribution in [0.15, 0.2) is 181 Å². The summed E-state index contributed by atoms with van der Waals surface area (Å²) in [5.74, 6) is 0.935. The summed E-state index contributed by atoms with van der Waals surface area (Å²) in [5, 5.41) is 10.0. The third kappa shape index (κ3) is 4.90. The SMILES string of the molecule is C=C/C=C(\C=C1/COc2ccc([SiH](C)c3ccc4oc5ccc(-n6c7ccccc7c7ccccc76)cc5c4c3)cc21)n1c2ccccc2c2ccccc21. The highest BCUT2D eigenvalue weighted by atomic mass is 28.3. The van der Waals surface area contributed by atoms with Gasteiger partial charge >= 0.3 is 0 Å². The van der Waals surface area contributed by atoms with Gasteiger partial charge in [0, 0.05) is 54.8 Å². The summed E-state index contributed by atoms with van der Waals surface area (Å²) in [6, 6.07) is 54.8. The zero-order valence-electron chi connectivity index (χ0n) is 30.4. The average molecular weight is 725 g/mol. The molecular formula is C50H36N2O2Si. The van der Waals surface area contributed by atoms with E-state index in [1.165, 1.54) is 65.1 Å². The minimum Gasteiger partial charge on any atom is -0.488 e. The van der Waals surface area contributed by atoms with Crippen LogP contribution in [0.4, 0.5) is 0 Å². The van der Waals surface area contributed by atoms with E-state index < -0.39 is 8.80 Å². The third-order valence-corrected chi connectivity index (χ3v) is 14.2. The van der Waals surface area contributed by atoms with E-state index in [9.17, 15) is 0 Å². The molecule has 0 bridgehead atoms. The molecular weight excluding hydrogens is 689 g/mol. The Kier molecular flexibility index (Phi) is 7.13. The predicted molar refractivity (Wildman–Crippen MR) is 234 cm³/mol. The Morgan fingerprint density at radius 2 is 1.15 bits per heavy atom. The van der Waals surface area contributed by atoms with E-state index in [-0.39, 0.29) is 0 Å². The van der Waals surface area contributed by atoms with Gasteiger partial charge < -0.3 is 18.3 Å². The monoisotopic (exact) mass is 724 g/mol. The molecule has 0 saturated heterocycles. The van der Waals surface area contributed by atoms with Gasteiger partial charge in [-0.05, 0) is 66.7 Å². The first-order valence-corrected chi connectivity index (χ1v) is 21.2. The largest absolute Gasteiger partial charge is 0.488 e. The number of para-hydroxylation sites is 4. The van der Waals surface area contributed by atoms with Crippen LogP contribution in [0, 0.1) is 0 Å². The summed E-state index contributed by atoms with van der Waals surface area (Å²) in [4.78, 5) is 0. The lowest BCUT2D eigenvalue weighted by Crippen LogP contribution is -2.39. The van der Waals surface area contributed by atoms with Gasteiger partial charge in [-0.15, -0.1) is 0 Å². The number of aromatic nitrogens is 2. The van der Waals surface area contributed by atoms with Crippen LogP contribution in [0.3, 0.4) is 0 Å². The van der Waals surface area contributed by atoms with Gasteiger partial charge in [0.15, 0.2) is 0 Å². The molecule has 1 aliphatic heterocycles. The maximum Gasteiger partial charge on any atom is 0.135 e. The molecule has 0 amide bonds. The summed E-state index contributed by atoms with van der Waals surface area (Å²) in [7, 11) is -1.60. The molecule has 0 radical (unpaired) electrons. The minimum atomic E-state index is -1.60. The zero-order chi connectivity index (χ0) is 36.6. The molecule has 5 heteroatoms. The van der Waals surface area contributed by atoms with Gasteiger partial charge in [0.05, 0.1) is 30.9 Å². The number of ether oxygens (including phenoxy) is 1. The van der Waals surface area contributed by atoms with Crippen molar-refractivity contribution in [2.45, 2.75) is 6.55 Å². The van der Waals surface area contributed by atoms with Crippen molar-refractivity contribution >= 4 is 96.0 Å². The molecule has 4 nitrogen and oxygen atoms in total. The summed E-state index contributed by atoms with van der Waals surface area (Å²) < 4.78 is 17.4. The van der Waals surface area contributed by atoms with Crippen molar-refractivity contribution < 1.29 is 9.15 Å². The predicted octanol–water partition coefficient (Wildman–Crippen LogP) is 11.3. The molecule has 3 aromatic heterocycles. The molecule has 0 N–H and O–H groups in total. The second kappa shape index (κ2) is 12.4. The zero-order valence-corrected chi connectivity index (χ0v) is 31.5. The number of hydrogen-bond acceptors (Lipinski definition) is 2. The third-order valence-electron chi connectivity index (χ3n) is 11.5. The van der Waals surface area contributed by atoms with Crippen LogP contribution in [0.2, 0.25) is 6.55 Å². The molecule has 55 heavy (non-hydrogen) atoms. The van der Waals surface area contributed by atoms with Crippen LogP contribution in [-0.2, 0) is 0 Å². The Morgan fingerprint density at radius 3 is 1.80 bits per heavy atom. The maximum atomic E-state index is 6.42. The normalized spacial score (nSPS) is 14.5.